The molecule has 1 aromatic carbocycles. The van der Waals surface area contributed by atoms with Gasteiger partial charge in [-0.3, -0.25) is 4.90 Å². The average Bonchev–Trinajstić information content (AvgIpc) is 2.49. The molecule has 1 aliphatic rings. The highest BCUT2D eigenvalue weighted by atomic mass is 16.5. The van der Waals surface area contributed by atoms with Crippen LogP contribution in [0.2, 0.25) is 0 Å². The van der Waals surface area contributed by atoms with Gasteiger partial charge in [0.25, 0.3) is 0 Å². The predicted molar refractivity (Wildman–Crippen MR) is 84.3 cm³/mol. The first-order valence-corrected chi connectivity index (χ1v) is 7.64. The summed E-state index contributed by atoms with van der Waals surface area (Å²) in [4.78, 5) is 2.61. The lowest BCUT2D eigenvalue weighted by atomic mass is 9.91. The number of hydrogen-bond acceptors (Lipinski definition) is 3. The van der Waals surface area contributed by atoms with E-state index in [-0.39, 0.29) is 5.54 Å². The first kappa shape index (κ1) is 15.3. The van der Waals surface area contributed by atoms with Crippen molar-refractivity contribution in [1.29, 1.82) is 0 Å². The molecule has 0 spiro atoms. The number of benzene rings is 1. The van der Waals surface area contributed by atoms with E-state index in [9.17, 15) is 0 Å². The van der Waals surface area contributed by atoms with E-state index in [2.05, 4.69) is 62.2 Å². The monoisotopic (exact) mass is 276 g/mol. The highest BCUT2D eigenvalue weighted by Crippen LogP contribution is 2.29. The molecule has 0 aromatic heterocycles. The SMILES string of the molecule is CCC1(C)CN(C(C)c2ccc(OC)cc2)C(C)CN1. The Balaban J connectivity index is 2.15. The summed E-state index contributed by atoms with van der Waals surface area (Å²) < 4.78 is 5.24. The molecule has 1 aromatic rings. The lowest BCUT2D eigenvalue weighted by Crippen LogP contribution is -2.62. The minimum atomic E-state index is 0.229. The molecule has 0 radical (unpaired) electrons. The normalized spacial score (nSPS) is 29.1. The number of hydrogen-bond donors (Lipinski definition) is 1. The Morgan fingerprint density at radius 2 is 2.05 bits per heavy atom. The summed E-state index contributed by atoms with van der Waals surface area (Å²) in [7, 11) is 1.71. The van der Waals surface area contributed by atoms with Crippen molar-refractivity contribution in [1.82, 2.24) is 10.2 Å². The second kappa shape index (κ2) is 6.15. The van der Waals surface area contributed by atoms with E-state index in [0.717, 1.165) is 25.3 Å². The van der Waals surface area contributed by atoms with Crippen molar-refractivity contribution in [2.75, 3.05) is 20.2 Å². The standard InChI is InChI=1S/C17H28N2O/c1-6-17(4)12-19(13(2)11-18-17)14(3)15-7-9-16(20-5)10-8-15/h7-10,13-14,18H,6,11-12H2,1-5H3. The Hall–Kier alpha value is -1.06. The minimum Gasteiger partial charge on any atom is -0.497 e. The van der Waals surface area contributed by atoms with Crippen LogP contribution < -0.4 is 10.1 Å². The molecule has 1 heterocycles. The van der Waals surface area contributed by atoms with Crippen LogP contribution in [0.1, 0.15) is 45.7 Å². The summed E-state index contributed by atoms with van der Waals surface area (Å²) in [6, 6.07) is 9.47. The van der Waals surface area contributed by atoms with E-state index in [1.165, 1.54) is 5.56 Å². The Morgan fingerprint density at radius 1 is 1.40 bits per heavy atom. The van der Waals surface area contributed by atoms with Gasteiger partial charge in [0.2, 0.25) is 0 Å². The van der Waals surface area contributed by atoms with Crippen molar-refractivity contribution in [3.05, 3.63) is 29.8 Å². The van der Waals surface area contributed by atoms with Crippen LogP contribution >= 0.6 is 0 Å². The van der Waals surface area contributed by atoms with Gasteiger partial charge in [0.1, 0.15) is 5.75 Å². The molecule has 3 unspecified atom stereocenters. The zero-order chi connectivity index (χ0) is 14.8. The maximum atomic E-state index is 5.24. The lowest BCUT2D eigenvalue weighted by Gasteiger charge is -2.47. The highest BCUT2D eigenvalue weighted by Gasteiger charge is 2.35. The van der Waals surface area contributed by atoms with Gasteiger partial charge in [-0.05, 0) is 44.9 Å². The fourth-order valence-electron chi connectivity index (χ4n) is 2.96. The molecule has 3 atom stereocenters. The van der Waals surface area contributed by atoms with E-state index < -0.39 is 0 Å². The van der Waals surface area contributed by atoms with Crippen molar-refractivity contribution in [3.8, 4) is 5.75 Å². The van der Waals surface area contributed by atoms with Crippen LogP contribution in [0.3, 0.4) is 0 Å². The van der Waals surface area contributed by atoms with Gasteiger partial charge in [0.05, 0.1) is 7.11 Å². The van der Waals surface area contributed by atoms with E-state index in [0.29, 0.717) is 12.1 Å². The fourth-order valence-corrected chi connectivity index (χ4v) is 2.96. The molecule has 0 bridgehead atoms. The number of nitrogens with one attached hydrogen (secondary N) is 1. The third kappa shape index (κ3) is 3.15. The van der Waals surface area contributed by atoms with Crippen LogP contribution in [0.25, 0.3) is 0 Å². The maximum Gasteiger partial charge on any atom is 0.118 e. The lowest BCUT2D eigenvalue weighted by molar-refractivity contribution is 0.0597. The highest BCUT2D eigenvalue weighted by molar-refractivity contribution is 5.29. The number of nitrogens with zero attached hydrogens (tertiary/aromatic N) is 1. The van der Waals surface area contributed by atoms with Gasteiger partial charge in [-0.1, -0.05) is 19.1 Å². The maximum absolute atomic E-state index is 5.24. The molecule has 0 amide bonds. The molecule has 1 N–H and O–H groups in total. The van der Waals surface area contributed by atoms with Gasteiger partial charge in [-0.2, -0.15) is 0 Å². The molecule has 20 heavy (non-hydrogen) atoms. The molecule has 0 aliphatic carbocycles. The van der Waals surface area contributed by atoms with Gasteiger partial charge in [-0.15, -0.1) is 0 Å². The molecule has 112 valence electrons. The summed E-state index contributed by atoms with van der Waals surface area (Å²) in [5.74, 6) is 0.924. The van der Waals surface area contributed by atoms with Crippen LogP contribution in [-0.2, 0) is 0 Å². The van der Waals surface area contributed by atoms with Crippen molar-refractivity contribution in [3.63, 3.8) is 0 Å². The second-order valence-electron chi connectivity index (χ2n) is 6.27. The van der Waals surface area contributed by atoms with Gasteiger partial charge < -0.3 is 10.1 Å². The van der Waals surface area contributed by atoms with Crippen LogP contribution in [0, 0.1) is 0 Å². The van der Waals surface area contributed by atoms with E-state index in [1.54, 1.807) is 7.11 Å². The van der Waals surface area contributed by atoms with Gasteiger partial charge in [-0.25, -0.2) is 0 Å². The quantitative estimate of drug-likeness (QED) is 0.914. The van der Waals surface area contributed by atoms with E-state index in [4.69, 9.17) is 4.74 Å². The number of piperazine rings is 1. The molecule has 0 saturated carbocycles. The first-order valence-electron chi connectivity index (χ1n) is 7.64. The van der Waals surface area contributed by atoms with Crippen LogP contribution in [0.4, 0.5) is 0 Å². The minimum absolute atomic E-state index is 0.229. The summed E-state index contributed by atoms with van der Waals surface area (Å²) in [5, 5.41) is 3.69. The van der Waals surface area contributed by atoms with Gasteiger partial charge >= 0.3 is 0 Å². The molecule has 1 saturated heterocycles. The van der Waals surface area contributed by atoms with Crippen LogP contribution in [-0.4, -0.2) is 36.7 Å². The van der Waals surface area contributed by atoms with Crippen molar-refractivity contribution >= 4 is 0 Å². The third-order valence-corrected chi connectivity index (χ3v) is 4.80. The largest absolute Gasteiger partial charge is 0.497 e. The summed E-state index contributed by atoms with van der Waals surface area (Å²) in [6.45, 7) is 11.4. The smallest absolute Gasteiger partial charge is 0.118 e. The Labute approximate surface area is 123 Å². The van der Waals surface area contributed by atoms with E-state index in [1.807, 2.05) is 0 Å². The summed E-state index contributed by atoms with van der Waals surface area (Å²) in [5.41, 5.74) is 1.59. The van der Waals surface area contributed by atoms with Crippen molar-refractivity contribution < 1.29 is 4.74 Å². The summed E-state index contributed by atoms with van der Waals surface area (Å²) >= 11 is 0. The predicted octanol–water partition coefficient (Wildman–Crippen LogP) is 3.22. The number of methoxy groups -OCH3 is 1. The molecule has 1 fully saturated rings. The third-order valence-electron chi connectivity index (χ3n) is 4.80. The van der Waals surface area contributed by atoms with Gasteiger partial charge in [0.15, 0.2) is 0 Å². The Kier molecular flexibility index (Phi) is 4.71. The molecule has 2 rings (SSSR count). The fraction of sp³-hybridized carbons (Fsp3) is 0.647. The molecule has 3 heteroatoms. The molecular formula is C17H28N2O. The van der Waals surface area contributed by atoms with E-state index >= 15 is 0 Å². The number of ether oxygens (including phenoxy) is 1. The average molecular weight is 276 g/mol. The Bertz CT molecular complexity index is 431. The van der Waals surface area contributed by atoms with Crippen LogP contribution in [0.5, 0.6) is 5.75 Å². The van der Waals surface area contributed by atoms with Gasteiger partial charge in [0, 0.05) is 30.7 Å². The van der Waals surface area contributed by atoms with Crippen molar-refractivity contribution in [2.45, 2.75) is 51.7 Å². The zero-order valence-corrected chi connectivity index (χ0v) is 13.4. The number of rotatable bonds is 4. The zero-order valence-electron chi connectivity index (χ0n) is 13.4. The molecule has 3 nitrogen and oxygen atoms in total. The summed E-state index contributed by atoms with van der Waals surface area (Å²) in [6.07, 6.45) is 1.16. The molecular weight excluding hydrogens is 248 g/mol. The van der Waals surface area contributed by atoms with Crippen molar-refractivity contribution in [2.24, 2.45) is 0 Å². The topological polar surface area (TPSA) is 24.5 Å². The molecule has 1 aliphatic heterocycles. The Morgan fingerprint density at radius 3 is 2.60 bits per heavy atom. The first-order chi connectivity index (χ1) is 9.49. The van der Waals surface area contributed by atoms with Crippen LogP contribution in [0.15, 0.2) is 24.3 Å². The second-order valence-corrected chi connectivity index (χ2v) is 6.27.